The van der Waals surface area contributed by atoms with E-state index >= 15 is 0 Å². The lowest BCUT2D eigenvalue weighted by Crippen LogP contribution is -2.19. The SMILES string of the molecule is FC(F)(F)COc1c(Cl)ncc2c(Cl)nc(Cl)nc12. The second kappa shape index (κ2) is 5.15. The monoisotopic (exact) mass is 331 g/mol. The van der Waals surface area contributed by atoms with Crippen LogP contribution in [0, 0.1) is 0 Å². The van der Waals surface area contributed by atoms with Crippen molar-refractivity contribution in [2.75, 3.05) is 6.61 Å². The van der Waals surface area contributed by atoms with E-state index < -0.39 is 12.8 Å². The number of fused-ring (bicyclic) bond motifs is 1. The van der Waals surface area contributed by atoms with Crippen molar-refractivity contribution in [2.45, 2.75) is 6.18 Å². The molecule has 2 aromatic heterocycles. The molecule has 0 fully saturated rings. The fraction of sp³-hybridized carbons (Fsp3) is 0.222. The highest BCUT2D eigenvalue weighted by Crippen LogP contribution is 2.34. The number of halogens is 6. The van der Waals surface area contributed by atoms with E-state index in [0.717, 1.165) is 0 Å². The molecule has 2 rings (SSSR count). The lowest BCUT2D eigenvalue weighted by Gasteiger charge is -2.12. The zero-order valence-corrected chi connectivity index (χ0v) is 11.1. The summed E-state index contributed by atoms with van der Waals surface area (Å²) in [6.07, 6.45) is -3.30. The Morgan fingerprint density at radius 1 is 1.11 bits per heavy atom. The molecule has 0 saturated heterocycles. The lowest BCUT2D eigenvalue weighted by atomic mass is 10.3. The second-order valence-corrected chi connectivity index (χ2v) is 4.38. The van der Waals surface area contributed by atoms with Crippen LogP contribution in [0.4, 0.5) is 13.2 Å². The Balaban J connectivity index is 2.55. The minimum absolute atomic E-state index is 0.0331. The van der Waals surface area contributed by atoms with E-state index in [-0.39, 0.29) is 32.2 Å². The Bertz CT molecular complexity index is 635. The molecule has 0 spiro atoms. The number of nitrogens with zero attached hydrogens (tertiary/aromatic N) is 3. The van der Waals surface area contributed by atoms with Crippen LogP contribution >= 0.6 is 34.8 Å². The van der Waals surface area contributed by atoms with Gasteiger partial charge in [-0.25, -0.2) is 15.0 Å². The van der Waals surface area contributed by atoms with E-state index in [1.54, 1.807) is 0 Å². The van der Waals surface area contributed by atoms with Crippen molar-refractivity contribution in [3.8, 4) is 5.75 Å². The molecular formula is C9H3Cl3F3N3O. The van der Waals surface area contributed by atoms with Crippen LogP contribution in [0.15, 0.2) is 6.20 Å². The Morgan fingerprint density at radius 3 is 2.42 bits per heavy atom. The van der Waals surface area contributed by atoms with Gasteiger partial charge in [0.2, 0.25) is 5.28 Å². The van der Waals surface area contributed by atoms with Crippen molar-refractivity contribution in [2.24, 2.45) is 0 Å². The van der Waals surface area contributed by atoms with Crippen LogP contribution in [-0.2, 0) is 0 Å². The first-order valence-corrected chi connectivity index (χ1v) is 5.78. The van der Waals surface area contributed by atoms with Gasteiger partial charge in [0, 0.05) is 6.20 Å². The number of ether oxygens (including phenoxy) is 1. The number of aromatic nitrogens is 3. The normalized spacial score (nSPS) is 11.9. The molecule has 0 radical (unpaired) electrons. The summed E-state index contributed by atoms with van der Waals surface area (Å²) in [5.74, 6) is -0.345. The summed E-state index contributed by atoms with van der Waals surface area (Å²) < 4.78 is 41.1. The Labute approximate surface area is 119 Å². The van der Waals surface area contributed by atoms with Gasteiger partial charge >= 0.3 is 6.18 Å². The predicted octanol–water partition coefficient (Wildman–Crippen LogP) is 3.93. The minimum Gasteiger partial charge on any atom is -0.479 e. The maximum Gasteiger partial charge on any atom is 0.422 e. The molecule has 102 valence electrons. The largest absolute Gasteiger partial charge is 0.479 e. The van der Waals surface area contributed by atoms with Gasteiger partial charge in [-0.2, -0.15) is 13.2 Å². The van der Waals surface area contributed by atoms with E-state index in [2.05, 4.69) is 19.7 Å². The van der Waals surface area contributed by atoms with E-state index in [9.17, 15) is 13.2 Å². The van der Waals surface area contributed by atoms with E-state index in [4.69, 9.17) is 34.8 Å². The van der Waals surface area contributed by atoms with Crippen LogP contribution in [0.1, 0.15) is 0 Å². The molecule has 0 atom stereocenters. The molecule has 19 heavy (non-hydrogen) atoms. The van der Waals surface area contributed by atoms with Gasteiger partial charge in [-0.05, 0) is 11.6 Å². The van der Waals surface area contributed by atoms with Crippen LogP contribution in [-0.4, -0.2) is 27.7 Å². The zero-order valence-electron chi connectivity index (χ0n) is 8.80. The van der Waals surface area contributed by atoms with E-state index in [0.29, 0.717) is 0 Å². The molecule has 0 aromatic carbocycles. The van der Waals surface area contributed by atoms with Gasteiger partial charge in [0.05, 0.1) is 5.39 Å². The second-order valence-electron chi connectivity index (χ2n) is 3.33. The molecule has 2 aromatic rings. The van der Waals surface area contributed by atoms with Gasteiger partial charge < -0.3 is 4.74 Å². The fourth-order valence-corrected chi connectivity index (χ4v) is 1.89. The third-order valence-electron chi connectivity index (χ3n) is 1.96. The van der Waals surface area contributed by atoms with Gasteiger partial charge in [-0.15, -0.1) is 0 Å². The minimum atomic E-state index is -4.52. The Kier molecular flexibility index (Phi) is 3.89. The summed E-state index contributed by atoms with van der Waals surface area (Å²) in [7, 11) is 0. The Morgan fingerprint density at radius 2 is 1.79 bits per heavy atom. The highest BCUT2D eigenvalue weighted by molar-refractivity contribution is 6.37. The van der Waals surface area contributed by atoms with Crippen LogP contribution in [0.5, 0.6) is 5.75 Å². The summed E-state index contributed by atoms with van der Waals surface area (Å²) in [6.45, 7) is -1.53. The van der Waals surface area contributed by atoms with Crippen molar-refractivity contribution < 1.29 is 17.9 Å². The van der Waals surface area contributed by atoms with Crippen molar-refractivity contribution in [3.63, 3.8) is 0 Å². The third kappa shape index (κ3) is 3.29. The number of hydrogen-bond donors (Lipinski definition) is 0. The highest BCUT2D eigenvalue weighted by Gasteiger charge is 2.29. The van der Waals surface area contributed by atoms with Crippen LogP contribution in [0.3, 0.4) is 0 Å². The van der Waals surface area contributed by atoms with Crippen LogP contribution in [0.25, 0.3) is 10.9 Å². The Hall–Kier alpha value is -1.05. The first kappa shape index (κ1) is 14.4. The molecule has 10 heteroatoms. The predicted molar refractivity (Wildman–Crippen MR) is 63.9 cm³/mol. The fourth-order valence-electron chi connectivity index (χ4n) is 1.26. The maximum absolute atomic E-state index is 12.2. The maximum atomic E-state index is 12.2. The topological polar surface area (TPSA) is 47.9 Å². The molecule has 0 unspecified atom stereocenters. The first-order valence-electron chi connectivity index (χ1n) is 4.65. The zero-order chi connectivity index (χ0) is 14.2. The molecule has 0 saturated carbocycles. The van der Waals surface area contributed by atoms with Crippen molar-refractivity contribution in [1.82, 2.24) is 15.0 Å². The molecule has 0 aliphatic heterocycles. The number of alkyl halides is 3. The molecule has 0 N–H and O–H groups in total. The summed E-state index contributed by atoms with van der Waals surface area (Å²) in [5, 5.41) is -0.386. The van der Waals surface area contributed by atoms with Gasteiger partial charge in [0.15, 0.2) is 17.5 Å². The number of hydrogen-bond acceptors (Lipinski definition) is 4. The summed E-state index contributed by atoms with van der Waals surface area (Å²) in [4.78, 5) is 11.1. The highest BCUT2D eigenvalue weighted by atomic mass is 35.5. The molecule has 0 aliphatic carbocycles. The number of rotatable bonds is 2. The van der Waals surface area contributed by atoms with Crippen molar-refractivity contribution >= 4 is 45.7 Å². The van der Waals surface area contributed by atoms with Crippen molar-refractivity contribution in [3.05, 3.63) is 21.8 Å². The number of pyridine rings is 1. The van der Waals surface area contributed by atoms with Crippen LogP contribution in [0.2, 0.25) is 15.6 Å². The summed E-state index contributed by atoms with van der Waals surface area (Å²) in [5.41, 5.74) is -0.0331. The molecule has 0 aliphatic rings. The van der Waals surface area contributed by atoms with Gasteiger partial charge in [0.25, 0.3) is 0 Å². The van der Waals surface area contributed by atoms with Crippen molar-refractivity contribution in [1.29, 1.82) is 0 Å². The lowest BCUT2D eigenvalue weighted by molar-refractivity contribution is -0.153. The molecule has 0 amide bonds. The molecule has 2 heterocycles. The third-order valence-corrected chi connectivity index (χ3v) is 2.69. The smallest absolute Gasteiger partial charge is 0.422 e. The van der Waals surface area contributed by atoms with Gasteiger partial charge in [-0.1, -0.05) is 23.2 Å². The van der Waals surface area contributed by atoms with Crippen LogP contribution < -0.4 is 4.74 Å². The standard InChI is InChI=1S/C9H3Cl3F3N3O/c10-6-3-1-16-7(11)5(19-2-9(13,14)15)4(3)17-8(12)18-6/h1H,2H2. The van der Waals surface area contributed by atoms with E-state index in [1.807, 2.05) is 0 Å². The molecular weight excluding hydrogens is 329 g/mol. The summed E-state index contributed by atoms with van der Waals surface area (Å²) >= 11 is 17.1. The summed E-state index contributed by atoms with van der Waals surface area (Å²) in [6, 6.07) is 0. The van der Waals surface area contributed by atoms with Gasteiger partial charge in [0.1, 0.15) is 10.7 Å². The molecule has 0 bridgehead atoms. The average molecular weight is 332 g/mol. The quantitative estimate of drug-likeness (QED) is 0.475. The average Bonchev–Trinajstić information content (AvgIpc) is 2.25. The van der Waals surface area contributed by atoms with E-state index in [1.165, 1.54) is 6.20 Å². The molecule has 4 nitrogen and oxygen atoms in total. The first-order chi connectivity index (χ1) is 8.78. The van der Waals surface area contributed by atoms with Gasteiger partial charge in [-0.3, -0.25) is 0 Å².